The monoisotopic (exact) mass is 352 g/mol. The lowest BCUT2D eigenvalue weighted by atomic mass is 9.83. The molecule has 0 aliphatic carbocycles. The lowest BCUT2D eigenvalue weighted by molar-refractivity contribution is 0.121. The van der Waals surface area contributed by atoms with Crippen LogP contribution in [0.15, 0.2) is 0 Å². The third-order valence-electron chi connectivity index (χ3n) is 4.42. The van der Waals surface area contributed by atoms with Crippen LogP contribution in [-0.4, -0.2) is 42.6 Å². The minimum absolute atomic E-state index is 0.265. The average molecular weight is 353 g/mol. The standard InChI is InChI=1S/C17H36O5S/c1-16(2,11-9-13-18)10-5-7-14-22-15-8-6-12-17(3,4)23(19,20)21/h18H,5-15H2,1-4H3,(H,19,20,21). The van der Waals surface area contributed by atoms with Crippen molar-refractivity contribution in [3.63, 3.8) is 0 Å². The van der Waals surface area contributed by atoms with Crippen LogP contribution in [0.3, 0.4) is 0 Å². The van der Waals surface area contributed by atoms with Crippen LogP contribution in [0.5, 0.6) is 0 Å². The highest BCUT2D eigenvalue weighted by atomic mass is 32.2. The molecule has 6 heteroatoms. The molecule has 5 nitrogen and oxygen atoms in total. The van der Waals surface area contributed by atoms with Gasteiger partial charge in [-0.15, -0.1) is 0 Å². The molecule has 0 heterocycles. The molecule has 0 unspecified atom stereocenters. The lowest BCUT2D eigenvalue weighted by Gasteiger charge is -2.24. The van der Waals surface area contributed by atoms with Crippen LogP contribution in [0.4, 0.5) is 0 Å². The summed E-state index contributed by atoms with van der Waals surface area (Å²) in [4.78, 5) is 0. The fraction of sp³-hybridized carbons (Fsp3) is 1.00. The fourth-order valence-electron chi connectivity index (χ4n) is 2.48. The fourth-order valence-corrected chi connectivity index (χ4v) is 2.88. The van der Waals surface area contributed by atoms with E-state index >= 15 is 0 Å². The van der Waals surface area contributed by atoms with Crippen molar-refractivity contribution < 1.29 is 22.8 Å². The second-order valence-electron chi connectivity index (χ2n) is 7.75. The number of ether oxygens (including phenoxy) is 1. The van der Waals surface area contributed by atoms with Gasteiger partial charge in [-0.3, -0.25) is 4.55 Å². The molecule has 0 aromatic rings. The van der Waals surface area contributed by atoms with Gasteiger partial charge in [-0.25, -0.2) is 0 Å². The maximum atomic E-state index is 11.1. The first-order valence-corrected chi connectivity index (χ1v) is 10.1. The molecule has 0 rings (SSSR count). The number of aliphatic hydroxyl groups excluding tert-OH is 1. The zero-order valence-electron chi connectivity index (χ0n) is 15.3. The molecule has 140 valence electrons. The summed E-state index contributed by atoms with van der Waals surface area (Å²) >= 11 is 0. The first-order valence-electron chi connectivity index (χ1n) is 8.67. The molecule has 0 saturated heterocycles. The summed E-state index contributed by atoms with van der Waals surface area (Å²) in [6, 6.07) is 0. The predicted octanol–water partition coefficient (Wildman–Crippen LogP) is 3.81. The Hall–Kier alpha value is -0.170. The van der Waals surface area contributed by atoms with Gasteiger partial charge in [0.25, 0.3) is 10.1 Å². The number of aliphatic hydroxyl groups is 1. The van der Waals surface area contributed by atoms with E-state index in [9.17, 15) is 8.42 Å². The molecule has 0 amide bonds. The van der Waals surface area contributed by atoms with Crippen LogP contribution in [0, 0.1) is 5.41 Å². The Morgan fingerprint density at radius 1 is 0.826 bits per heavy atom. The van der Waals surface area contributed by atoms with Crippen LogP contribution in [-0.2, 0) is 14.9 Å². The largest absolute Gasteiger partial charge is 0.396 e. The normalized spacial score (nSPS) is 13.5. The Morgan fingerprint density at radius 2 is 1.30 bits per heavy atom. The van der Waals surface area contributed by atoms with Crippen molar-refractivity contribution in [2.45, 2.75) is 83.8 Å². The Labute approximate surface area is 142 Å². The van der Waals surface area contributed by atoms with E-state index in [0.29, 0.717) is 13.0 Å². The van der Waals surface area contributed by atoms with E-state index in [1.165, 1.54) is 0 Å². The summed E-state index contributed by atoms with van der Waals surface area (Å²) in [6.45, 7) is 9.19. The first kappa shape index (κ1) is 22.8. The molecule has 0 aliphatic heterocycles. The Morgan fingerprint density at radius 3 is 1.78 bits per heavy atom. The molecule has 0 aromatic heterocycles. The Kier molecular flexibility index (Phi) is 10.6. The predicted molar refractivity (Wildman–Crippen MR) is 94.2 cm³/mol. The topological polar surface area (TPSA) is 83.8 Å². The van der Waals surface area contributed by atoms with Crippen molar-refractivity contribution in [3.05, 3.63) is 0 Å². The van der Waals surface area contributed by atoms with Gasteiger partial charge < -0.3 is 9.84 Å². The van der Waals surface area contributed by atoms with E-state index < -0.39 is 14.9 Å². The summed E-state index contributed by atoms with van der Waals surface area (Å²) in [6.07, 6.45) is 7.17. The molecule has 0 aliphatic rings. The molecule has 0 fully saturated rings. The molecular formula is C17H36O5S. The van der Waals surface area contributed by atoms with Gasteiger partial charge in [-0.05, 0) is 64.2 Å². The second-order valence-corrected chi connectivity index (χ2v) is 9.81. The van der Waals surface area contributed by atoms with Crippen molar-refractivity contribution in [2.24, 2.45) is 5.41 Å². The highest BCUT2D eigenvalue weighted by molar-refractivity contribution is 7.87. The smallest absolute Gasteiger partial charge is 0.270 e. The van der Waals surface area contributed by atoms with Crippen LogP contribution in [0.25, 0.3) is 0 Å². The molecular weight excluding hydrogens is 316 g/mol. The van der Waals surface area contributed by atoms with Gasteiger partial charge in [0.1, 0.15) is 0 Å². The number of hydrogen-bond donors (Lipinski definition) is 2. The van der Waals surface area contributed by atoms with E-state index in [1.807, 2.05) is 0 Å². The number of unbranched alkanes of at least 4 members (excludes halogenated alkanes) is 2. The van der Waals surface area contributed by atoms with E-state index in [1.54, 1.807) is 13.8 Å². The van der Waals surface area contributed by atoms with Crippen molar-refractivity contribution in [2.75, 3.05) is 19.8 Å². The summed E-state index contributed by atoms with van der Waals surface area (Å²) in [5.41, 5.74) is 0.282. The summed E-state index contributed by atoms with van der Waals surface area (Å²) in [5, 5.41) is 8.87. The van der Waals surface area contributed by atoms with Gasteiger partial charge in [0.05, 0.1) is 4.75 Å². The van der Waals surface area contributed by atoms with Gasteiger partial charge in [0.15, 0.2) is 0 Å². The van der Waals surface area contributed by atoms with Crippen LogP contribution in [0.2, 0.25) is 0 Å². The van der Waals surface area contributed by atoms with Crippen LogP contribution in [0.1, 0.15) is 79.1 Å². The van der Waals surface area contributed by atoms with Gasteiger partial charge in [0, 0.05) is 19.8 Å². The van der Waals surface area contributed by atoms with Gasteiger partial charge in [0.2, 0.25) is 0 Å². The minimum atomic E-state index is -3.98. The van der Waals surface area contributed by atoms with E-state index in [2.05, 4.69) is 13.8 Å². The SMILES string of the molecule is CC(C)(CCCO)CCCCOCCCCC(C)(C)S(=O)(=O)O. The van der Waals surface area contributed by atoms with Gasteiger partial charge in [-0.2, -0.15) is 8.42 Å². The third-order valence-corrected chi connectivity index (χ3v) is 6.02. The molecule has 2 N–H and O–H groups in total. The van der Waals surface area contributed by atoms with Crippen molar-refractivity contribution in [3.8, 4) is 0 Å². The summed E-state index contributed by atoms with van der Waals surface area (Å²) in [5.74, 6) is 0. The van der Waals surface area contributed by atoms with E-state index in [4.69, 9.17) is 14.4 Å². The quantitative estimate of drug-likeness (QED) is 0.367. The van der Waals surface area contributed by atoms with Gasteiger partial charge in [-0.1, -0.05) is 20.3 Å². The molecule has 23 heavy (non-hydrogen) atoms. The number of hydrogen-bond acceptors (Lipinski definition) is 4. The number of rotatable bonds is 14. The highest BCUT2D eigenvalue weighted by Crippen LogP contribution is 2.28. The van der Waals surface area contributed by atoms with E-state index in [-0.39, 0.29) is 12.0 Å². The van der Waals surface area contributed by atoms with Crippen molar-refractivity contribution >= 4 is 10.1 Å². The molecule has 0 radical (unpaired) electrons. The van der Waals surface area contributed by atoms with Crippen LogP contribution >= 0.6 is 0 Å². The minimum Gasteiger partial charge on any atom is -0.396 e. The zero-order chi connectivity index (χ0) is 18.0. The molecule has 0 spiro atoms. The van der Waals surface area contributed by atoms with E-state index in [0.717, 1.165) is 51.6 Å². The lowest BCUT2D eigenvalue weighted by Crippen LogP contribution is -2.31. The summed E-state index contributed by atoms with van der Waals surface area (Å²) in [7, 11) is -3.98. The highest BCUT2D eigenvalue weighted by Gasteiger charge is 2.31. The van der Waals surface area contributed by atoms with Gasteiger partial charge >= 0.3 is 0 Å². The first-order chi connectivity index (χ1) is 10.5. The van der Waals surface area contributed by atoms with Crippen LogP contribution < -0.4 is 0 Å². The third kappa shape index (κ3) is 11.1. The maximum Gasteiger partial charge on any atom is 0.270 e. The van der Waals surface area contributed by atoms with Crippen molar-refractivity contribution in [1.29, 1.82) is 0 Å². The Bertz CT molecular complexity index is 401. The summed E-state index contributed by atoms with van der Waals surface area (Å²) < 4.78 is 35.9. The molecule has 0 atom stereocenters. The molecule has 0 bridgehead atoms. The average Bonchev–Trinajstić information content (AvgIpc) is 2.42. The van der Waals surface area contributed by atoms with Crippen molar-refractivity contribution in [1.82, 2.24) is 0 Å². The molecule has 0 aromatic carbocycles. The Balaban J connectivity index is 3.58. The zero-order valence-corrected chi connectivity index (χ0v) is 16.1. The maximum absolute atomic E-state index is 11.1. The molecule has 0 saturated carbocycles. The second kappa shape index (κ2) is 10.6.